The first-order valence-electron chi connectivity index (χ1n) is 9.95. The van der Waals surface area contributed by atoms with Crippen LogP contribution in [0, 0.1) is 0 Å². The minimum Gasteiger partial charge on any atom is -0.872 e. The van der Waals surface area contributed by atoms with E-state index >= 15 is 0 Å². The van der Waals surface area contributed by atoms with Gasteiger partial charge in [0, 0.05) is 0 Å². The van der Waals surface area contributed by atoms with Gasteiger partial charge in [0.05, 0.1) is 4.90 Å². The summed E-state index contributed by atoms with van der Waals surface area (Å²) in [7, 11) is -4.22. The maximum absolute atomic E-state index is 12.1. The van der Waals surface area contributed by atoms with E-state index in [0.29, 0.717) is 11.5 Å². The fourth-order valence-corrected chi connectivity index (χ4v) is 3.56. The van der Waals surface area contributed by atoms with Crippen LogP contribution in [0.5, 0.6) is 17.2 Å². The van der Waals surface area contributed by atoms with Gasteiger partial charge in [-0.1, -0.05) is 63.5 Å². The Labute approximate surface area is 217 Å². The van der Waals surface area contributed by atoms with Gasteiger partial charge in [0.25, 0.3) is 10.1 Å². The fourth-order valence-electron chi connectivity index (χ4n) is 3.08. The van der Waals surface area contributed by atoms with Crippen molar-refractivity contribution in [2.24, 2.45) is 0 Å². The van der Waals surface area contributed by atoms with E-state index in [1.807, 2.05) is 0 Å². The van der Waals surface area contributed by atoms with E-state index in [0.717, 1.165) is 24.8 Å². The molecular weight excluding hydrogens is 415 g/mol. The Kier molecular flexibility index (Phi) is 12.7. The molecule has 0 aliphatic carbocycles. The SMILES string of the molecule is CCCCCCCCCCc1cc(Oc2ccc(S(=O)(=O)O)cc2)ccc1[O-].[K+]. The summed E-state index contributed by atoms with van der Waals surface area (Å²) >= 11 is 0. The van der Waals surface area contributed by atoms with Crippen LogP contribution in [0.4, 0.5) is 0 Å². The molecule has 0 saturated heterocycles. The summed E-state index contributed by atoms with van der Waals surface area (Å²) < 4.78 is 36.9. The first-order valence-corrected chi connectivity index (χ1v) is 11.4. The second-order valence-electron chi connectivity index (χ2n) is 7.04. The zero-order valence-corrected chi connectivity index (χ0v) is 21.3. The number of hydrogen-bond donors (Lipinski definition) is 1. The molecule has 0 fully saturated rings. The number of hydrogen-bond acceptors (Lipinski definition) is 4. The average molecular weight is 445 g/mol. The molecule has 154 valence electrons. The van der Waals surface area contributed by atoms with E-state index < -0.39 is 10.1 Å². The Morgan fingerprint density at radius 2 is 1.41 bits per heavy atom. The van der Waals surface area contributed by atoms with Crippen LogP contribution in [0.25, 0.3) is 0 Å². The first kappa shape index (κ1) is 26.6. The van der Waals surface area contributed by atoms with Crippen molar-refractivity contribution in [3.05, 3.63) is 48.0 Å². The second-order valence-corrected chi connectivity index (χ2v) is 8.46. The normalized spacial score (nSPS) is 11.1. The number of rotatable bonds is 12. The zero-order valence-electron chi connectivity index (χ0n) is 17.4. The standard InChI is InChI=1S/C22H30O5S.K/c1-2-3-4-5-6-7-8-9-10-18-17-20(13-16-22(18)23)27-19-11-14-21(15-12-19)28(24,25)26;/h11-17,23H,2-10H2,1H3,(H,24,25,26);/q;+1/p-1. The molecule has 0 aliphatic rings. The maximum Gasteiger partial charge on any atom is 1.00 e. The number of ether oxygens (including phenoxy) is 1. The van der Waals surface area contributed by atoms with Crippen LogP contribution in [0.15, 0.2) is 47.4 Å². The van der Waals surface area contributed by atoms with Crippen LogP contribution >= 0.6 is 0 Å². The van der Waals surface area contributed by atoms with Gasteiger partial charge in [-0.25, -0.2) is 0 Å². The molecule has 0 radical (unpaired) electrons. The van der Waals surface area contributed by atoms with E-state index in [-0.39, 0.29) is 62.0 Å². The topological polar surface area (TPSA) is 86.7 Å². The summed E-state index contributed by atoms with van der Waals surface area (Å²) in [4.78, 5) is -0.190. The van der Waals surface area contributed by atoms with Crippen molar-refractivity contribution in [1.29, 1.82) is 0 Å². The van der Waals surface area contributed by atoms with Gasteiger partial charge in [0.2, 0.25) is 0 Å². The zero-order chi connectivity index (χ0) is 20.4. The van der Waals surface area contributed by atoms with E-state index in [9.17, 15) is 13.5 Å². The van der Waals surface area contributed by atoms with Gasteiger partial charge in [-0.05, 0) is 49.2 Å². The van der Waals surface area contributed by atoms with Crippen molar-refractivity contribution in [2.45, 2.75) is 69.6 Å². The molecule has 0 aliphatic heterocycles. The van der Waals surface area contributed by atoms with Gasteiger partial charge in [-0.2, -0.15) is 8.42 Å². The predicted molar refractivity (Wildman–Crippen MR) is 109 cm³/mol. The van der Waals surface area contributed by atoms with E-state index in [1.165, 1.54) is 68.9 Å². The molecule has 7 heteroatoms. The smallest absolute Gasteiger partial charge is 0.872 e. The molecule has 0 heterocycles. The first-order chi connectivity index (χ1) is 13.4. The Morgan fingerprint density at radius 1 is 0.862 bits per heavy atom. The van der Waals surface area contributed by atoms with E-state index in [1.54, 1.807) is 12.1 Å². The van der Waals surface area contributed by atoms with Gasteiger partial charge in [0.15, 0.2) is 0 Å². The van der Waals surface area contributed by atoms with Crippen molar-refractivity contribution >= 4 is 10.1 Å². The Hall–Kier alpha value is -0.414. The fraction of sp³-hybridized carbons (Fsp3) is 0.455. The van der Waals surface area contributed by atoms with Crippen LogP contribution in [0.1, 0.15) is 63.9 Å². The van der Waals surface area contributed by atoms with Crippen molar-refractivity contribution in [3.8, 4) is 17.2 Å². The average Bonchev–Trinajstić information content (AvgIpc) is 2.66. The molecule has 5 nitrogen and oxygen atoms in total. The largest absolute Gasteiger partial charge is 1.00 e. The summed E-state index contributed by atoms with van der Waals surface area (Å²) in [6.45, 7) is 2.22. The Morgan fingerprint density at radius 3 is 2.00 bits per heavy atom. The van der Waals surface area contributed by atoms with Crippen LogP contribution < -0.4 is 61.2 Å². The number of benzene rings is 2. The minimum absolute atomic E-state index is 0. The molecule has 0 bridgehead atoms. The van der Waals surface area contributed by atoms with Gasteiger partial charge in [0.1, 0.15) is 11.5 Å². The molecule has 0 aromatic heterocycles. The van der Waals surface area contributed by atoms with E-state index in [2.05, 4.69) is 6.92 Å². The summed E-state index contributed by atoms with van der Waals surface area (Å²) in [5.41, 5.74) is 0.734. The van der Waals surface area contributed by atoms with Crippen molar-refractivity contribution < 1.29 is 74.2 Å². The van der Waals surface area contributed by atoms with Crippen LogP contribution in [0.2, 0.25) is 0 Å². The third-order valence-electron chi connectivity index (χ3n) is 4.69. The van der Waals surface area contributed by atoms with Crippen LogP contribution in [0.3, 0.4) is 0 Å². The summed E-state index contributed by atoms with van der Waals surface area (Å²) in [5, 5.41) is 12.1. The Bertz CT molecular complexity index is 835. The quantitative estimate of drug-likeness (QED) is 0.309. The third kappa shape index (κ3) is 9.96. The molecule has 0 spiro atoms. The molecule has 2 aromatic rings. The van der Waals surface area contributed by atoms with Crippen molar-refractivity contribution in [1.82, 2.24) is 0 Å². The monoisotopic (exact) mass is 444 g/mol. The summed E-state index contributed by atoms with van der Waals surface area (Å²) in [5.74, 6) is 0.981. The summed E-state index contributed by atoms with van der Waals surface area (Å²) in [6, 6.07) is 10.3. The van der Waals surface area contributed by atoms with Crippen molar-refractivity contribution in [2.75, 3.05) is 0 Å². The second kappa shape index (κ2) is 13.8. The third-order valence-corrected chi connectivity index (χ3v) is 5.56. The van der Waals surface area contributed by atoms with Gasteiger partial charge < -0.3 is 9.84 Å². The predicted octanol–water partition coefficient (Wildman–Crippen LogP) is 2.49. The molecular formula is C22H29KO5S. The number of aryl methyl sites for hydroxylation is 1. The molecule has 0 saturated carbocycles. The van der Waals surface area contributed by atoms with Gasteiger partial charge >= 0.3 is 51.4 Å². The van der Waals surface area contributed by atoms with Crippen molar-refractivity contribution in [3.63, 3.8) is 0 Å². The Balaban J connectivity index is 0.00000420. The van der Waals surface area contributed by atoms with Crippen LogP contribution in [-0.4, -0.2) is 13.0 Å². The van der Waals surface area contributed by atoms with Gasteiger partial charge in [-0.3, -0.25) is 4.55 Å². The molecule has 2 aromatic carbocycles. The molecule has 2 rings (SSSR count). The van der Waals surface area contributed by atoms with E-state index in [4.69, 9.17) is 9.29 Å². The molecule has 0 amide bonds. The molecule has 1 N–H and O–H groups in total. The van der Waals surface area contributed by atoms with Gasteiger partial charge in [-0.15, -0.1) is 5.75 Å². The molecule has 0 atom stereocenters. The number of unbranched alkanes of at least 4 members (excludes halogenated alkanes) is 7. The molecule has 0 unspecified atom stereocenters. The maximum atomic E-state index is 12.1. The summed E-state index contributed by atoms with van der Waals surface area (Å²) in [6.07, 6.45) is 10.5. The minimum atomic E-state index is -4.22. The van der Waals surface area contributed by atoms with Crippen LogP contribution in [-0.2, 0) is 16.5 Å². The molecule has 29 heavy (non-hydrogen) atoms.